The lowest BCUT2D eigenvalue weighted by molar-refractivity contribution is -0.0194. The third kappa shape index (κ3) is 3.69. The number of aliphatic hydroxyl groups is 1. The maximum Gasteiger partial charge on any atom is 0.0847 e. The number of aryl methyl sites for hydroxylation is 2. The van der Waals surface area contributed by atoms with Crippen molar-refractivity contribution in [2.24, 2.45) is 7.05 Å². The molecule has 1 unspecified atom stereocenters. The summed E-state index contributed by atoms with van der Waals surface area (Å²) in [5.74, 6) is 0. The number of halogens is 1. The molecule has 0 radical (unpaired) electrons. The molecule has 1 heterocycles. The smallest absolute Gasteiger partial charge is 0.0847 e. The summed E-state index contributed by atoms with van der Waals surface area (Å²) in [7, 11) is 3.48. The second-order valence-electron chi connectivity index (χ2n) is 5.00. The van der Waals surface area contributed by atoms with Crippen LogP contribution in [0.4, 0.5) is 0 Å². The Morgan fingerprint density at radius 2 is 2.12 bits per heavy atom. The molecule has 0 fully saturated rings. The van der Waals surface area contributed by atoms with Gasteiger partial charge in [0.25, 0.3) is 0 Å². The van der Waals surface area contributed by atoms with Gasteiger partial charge in [-0.3, -0.25) is 4.68 Å². The SMILES string of the molecule is COC(C)(C)CC(O)Cc1c(Cl)c(C)nn1C. The van der Waals surface area contributed by atoms with E-state index >= 15 is 0 Å². The van der Waals surface area contributed by atoms with E-state index in [1.807, 2.05) is 27.8 Å². The monoisotopic (exact) mass is 260 g/mol. The zero-order chi connectivity index (χ0) is 13.2. The molecule has 0 saturated carbocycles. The van der Waals surface area contributed by atoms with E-state index in [2.05, 4.69) is 5.10 Å². The predicted molar refractivity (Wildman–Crippen MR) is 68.4 cm³/mol. The molecule has 98 valence electrons. The van der Waals surface area contributed by atoms with Crippen molar-refractivity contribution in [3.05, 3.63) is 16.4 Å². The molecule has 0 aromatic carbocycles. The first-order chi connectivity index (χ1) is 7.76. The summed E-state index contributed by atoms with van der Waals surface area (Å²) in [6, 6.07) is 0. The average molecular weight is 261 g/mol. The van der Waals surface area contributed by atoms with E-state index in [0.717, 1.165) is 11.4 Å². The van der Waals surface area contributed by atoms with Gasteiger partial charge in [0.05, 0.1) is 28.1 Å². The summed E-state index contributed by atoms with van der Waals surface area (Å²) in [6.45, 7) is 5.76. The van der Waals surface area contributed by atoms with Crippen LogP contribution in [0, 0.1) is 6.92 Å². The summed E-state index contributed by atoms with van der Waals surface area (Å²) in [5.41, 5.74) is 1.32. The lowest BCUT2D eigenvalue weighted by atomic mass is 9.98. The summed E-state index contributed by atoms with van der Waals surface area (Å²) in [6.07, 6.45) is 0.560. The quantitative estimate of drug-likeness (QED) is 0.882. The number of ether oxygens (including phenoxy) is 1. The van der Waals surface area contributed by atoms with Gasteiger partial charge in [-0.1, -0.05) is 11.6 Å². The van der Waals surface area contributed by atoms with Gasteiger partial charge >= 0.3 is 0 Å². The Bertz CT molecular complexity index is 388. The molecule has 0 bridgehead atoms. The van der Waals surface area contributed by atoms with Crippen LogP contribution in [0.5, 0.6) is 0 Å². The Labute approximate surface area is 108 Å². The molecule has 0 aliphatic heterocycles. The van der Waals surface area contributed by atoms with E-state index in [4.69, 9.17) is 16.3 Å². The van der Waals surface area contributed by atoms with Crippen LogP contribution in [0.2, 0.25) is 5.02 Å². The van der Waals surface area contributed by atoms with Crippen molar-refractivity contribution in [2.45, 2.75) is 45.3 Å². The standard InChI is InChI=1S/C12H21ClN2O2/c1-8-11(13)10(15(4)14-8)6-9(16)7-12(2,3)17-5/h9,16H,6-7H2,1-5H3. The molecule has 0 saturated heterocycles. The number of hydrogen-bond donors (Lipinski definition) is 1. The van der Waals surface area contributed by atoms with Crippen molar-refractivity contribution >= 4 is 11.6 Å². The van der Waals surface area contributed by atoms with Gasteiger partial charge in [0.15, 0.2) is 0 Å². The van der Waals surface area contributed by atoms with Crippen LogP contribution in [0.15, 0.2) is 0 Å². The Hall–Kier alpha value is -0.580. The molecule has 1 rings (SSSR count). The zero-order valence-electron chi connectivity index (χ0n) is 11.1. The molecule has 0 spiro atoms. The predicted octanol–water partition coefficient (Wildman–Crippen LogP) is 2.10. The Kier molecular flexibility index (Phi) is 4.58. The van der Waals surface area contributed by atoms with Crippen molar-refractivity contribution in [2.75, 3.05) is 7.11 Å². The first-order valence-electron chi connectivity index (χ1n) is 5.68. The van der Waals surface area contributed by atoms with Gasteiger partial charge in [-0.05, 0) is 20.8 Å². The molecule has 1 aromatic rings. The van der Waals surface area contributed by atoms with E-state index in [0.29, 0.717) is 17.9 Å². The minimum atomic E-state index is -0.489. The first kappa shape index (κ1) is 14.5. The van der Waals surface area contributed by atoms with E-state index in [1.165, 1.54) is 0 Å². The number of methoxy groups -OCH3 is 1. The lowest BCUT2D eigenvalue weighted by Gasteiger charge is -2.25. The molecule has 0 aliphatic rings. The lowest BCUT2D eigenvalue weighted by Crippen LogP contribution is -2.30. The molecule has 1 aromatic heterocycles. The highest BCUT2D eigenvalue weighted by atomic mass is 35.5. The van der Waals surface area contributed by atoms with Gasteiger partial charge in [0.2, 0.25) is 0 Å². The number of nitrogens with zero attached hydrogens (tertiary/aromatic N) is 2. The van der Waals surface area contributed by atoms with Gasteiger partial charge in [-0.15, -0.1) is 0 Å². The highest BCUT2D eigenvalue weighted by molar-refractivity contribution is 6.31. The number of rotatable bonds is 5. The topological polar surface area (TPSA) is 47.3 Å². The normalized spacial score (nSPS) is 14.1. The van der Waals surface area contributed by atoms with Crippen molar-refractivity contribution in [3.63, 3.8) is 0 Å². The fourth-order valence-corrected chi connectivity index (χ4v) is 2.09. The van der Waals surface area contributed by atoms with Crippen LogP contribution in [-0.2, 0) is 18.2 Å². The fraction of sp³-hybridized carbons (Fsp3) is 0.750. The van der Waals surface area contributed by atoms with Gasteiger partial charge in [-0.2, -0.15) is 5.10 Å². The van der Waals surface area contributed by atoms with Crippen LogP contribution in [0.1, 0.15) is 31.7 Å². The molecule has 0 amide bonds. The van der Waals surface area contributed by atoms with Crippen LogP contribution in [-0.4, -0.2) is 33.7 Å². The van der Waals surface area contributed by atoms with Crippen molar-refractivity contribution in [1.82, 2.24) is 9.78 Å². The summed E-state index contributed by atoms with van der Waals surface area (Å²) < 4.78 is 7.02. The summed E-state index contributed by atoms with van der Waals surface area (Å²) in [4.78, 5) is 0. The van der Waals surface area contributed by atoms with E-state index in [1.54, 1.807) is 11.8 Å². The maximum atomic E-state index is 10.0. The summed E-state index contributed by atoms with van der Waals surface area (Å²) in [5, 5.41) is 14.9. The summed E-state index contributed by atoms with van der Waals surface area (Å²) >= 11 is 6.14. The van der Waals surface area contributed by atoms with Gasteiger partial charge in [0.1, 0.15) is 0 Å². The molecule has 4 nitrogen and oxygen atoms in total. The first-order valence-corrected chi connectivity index (χ1v) is 6.06. The highest BCUT2D eigenvalue weighted by Crippen LogP contribution is 2.23. The molecule has 5 heteroatoms. The fourth-order valence-electron chi connectivity index (χ4n) is 1.85. The molecule has 17 heavy (non-hydrogen) atoms. The Balaban J connectivity index is 2.71. The second-order valence-corrected chi connectivity index (χ2v) is 5.37. The minimum Gasteiger partial charge on any atom is -0.393 e. The van der Waals surface area contributed by atoms with Crippen LogP contribution < -0.4 is 0 Å². The second kappa shape index (κ2) is 5.38. The van der Waals surface area contributed by atoms with Gasteiger partial charge in [-0.25, -0.2) is 0 Å². The third-order valence-corrected chi connectivity index (χ3v) is 3.46. The largest absolute Gasteiger partial charge is 0.393 e. The van der Waals surface area contributed by atoms with Crippen LogP contribution >= 0.6 is 11.6 Å². The number of hydrogen-bond acceptors (Lipinski definition) is 3. The highest BCUT2D eigenvalue weighted by Gasteiger charge is 2.23. The van der Waals surface area contributed by atoms with Crippen molar-refractivity contribution in [1.29, 1.82) is 0 Å². The maximum absolute atomic E-state index is 10.0. The van der Waals surface area contributed by atoms with Crippen molar-refractivity contribution in [3.8, 4) is 0 Å². The molecule has 0 aliphatic carbocycles. The molecular weight excluding hydrogens is 240 g/mol. The van der Waals surface area contributed by atoms with E-state index < -0.39 is 6.10 Å². The van der Waals surface area contributed by atoms with Gasteiger partial charge < -0.3 is 9.84 Å². The zero-order valence-corrected chi connectivity index (χ0v) is 11.9. The number of aromatic nitrogens is 2. The van der Waals surface area contributed by atoms with Crippen LogP contribution in [0.25, 0.3) is 0 Å². The van der Waals surface area contributed by atoms with E-state index in [9.17, 15) is 5.11 Å². The molecule has 1 N–H and O–H groups in total. The van der Waals surface area contributed by atoms with Crippen molar-refractivity contribution < 1.29 is 9.84 Å². The minimum absolute atomic E-state index is 0.334. The van der Waals surface area contributed by atoms with E-state index in [-0.39, 0.29) is 5.60 Å². The third-order valence-electron chi connectivity index (χ3n) is 2.97. The van der Waals surface area contributed by atoms with Gasteiger partial charge in [0, 0.05) is 27.0 Å². The Morgan fingerprint density at radius 3 is 2.53 bits per heavy atom. The Morgan fingerprint density at radius 1 is 1.53 bits per heavy atom. The number of aliphatic hydroxyl groups excluding tert-OH is 1. The molecular formula is C12H21ClN2O2. The van der Waals surface area contributed by atoms with Crippen LogP contribution in [0.3, 0.4) is 0 Å². The molecule has 1 atom stereocenters. The average Bonchev–Trinajstić information content (AvgIpc) is 2.44.